The fourth-order valence-corrected chi connectivity index (χ4v) is 1.96. The summed E-state index contributed by atoms with van der Waals surface area (Å²) in [5.41, 5.74) is 0.783. The van der Waals surface area contributed by atoms with Crippen LogP contribution < -0.4 is 0 Å². The maximum Gasteiger partial charge on any atom is 0.223 e. The van der Waals surface area contributed by atoms with Gasteiger partial charge >= 0.3 is 0 Å². The van der Waals surface area contributed by atoms with E-state index in [9.17, 15) is 0 Å². The first-order valence-corrected chi connectivity index (χ1v) is 5.41. The van der Waals surface area contributed by atoms with Gasteiger partial charge in [-0.1, -0.05) is 0 Å². The third-order valence-electron chi connectivity index (χ3n) is 1.44. The molecule has 0 aliphatic rings. The van der Waals surface area contributed by atoms with Crippen LogP contribution in [0, 0.1) is 6.92 Å². The summed E-state index contributed by atoms with van der Waals surface area (Å²) in [6.45, 7) is 1.57. The third kappa shape index (κ3) is 3.79. The van der Waals surface area contributed by atoms with E-state index >= 15 is 0 Å². The Balaban J connectivity index is 2.58. The predicted octanol–water partition coefficient (Wildman–Crippen LogP) is 0.884. The van der Waals surface area contributed by atoms with Crippen LogP contribution in [0.4, 0.5) is 0 Å². The number of halogens is 1. The number of hydrogen-bond donors (Lipinski definition) is 2. The molecule has 1 heterocycles. The Hall–Kier alpha value is -0.360. The van der Waals surface area contributed by atoms with Crippen molar-refractivity contribution >= 4 is 23.4 Å². The van der Waals surface area contributed by atoms with Crippen LogP contribution in [0.1, 0.15) is 5.69 Å². The fourth-order valence-electron chi connectivity index (χ4n) is 0.813. The lowest BCUT2D eigenvalue weighted by atomic mass is 10.4. The zero-order valence-corrected chi connectivity index (χ0v) is 9.22. The lowest BCUT2D eigenvalue weighted by Crippen LogP contribution is -2.14. The maximum atomic E-state index is 9.11. The predicted molar refractivity (Wildman–Crippen MR) is 55.6 cm³/mol. The van der Waals surface area contributed by atoms with Crippen molar-refractivity contribution in [1.29, 1.82) is 0 Å². The molecule has 4 nitrogen and oxygen atoms in total. The summed E-state index contributed by atoms with van der Waals surface area (Å²) in [5, 5.41) is 18.6. The molecule has 1 aromatic rings. The number of thioether (sulfide) groups is 1. The van der Waals surface area contributed by atoms with Crippen molar-refractivity contribution < 1.29 is 10.2 Å². The second-order valence-corrected chi connectivity index (χ2v) is 4.14. The van der Waals surface area contributed by atoms with E-state index in [1.165, 1.54) is 11.8 Å². The van der Waals surface area contributed by atoms with E-state index in [1.54, 1.807) is 6.07 Å². The van der Waals surface area contributed by atoms with E-state index in [1.807, 2.05) is 6.92 Å². The van der Waals surface area contributed by atoms with Crippen LogP contribution in [0.3, 0.4) is 0 Å². The third-order valence-corrected chi connectivity index (χ3v) is 2.66. The molecule has 0 amide bonds. The maximum absolute atomic E-state index is 9.11. The smallest absolute Gasteiger partial charge is 0.223 e. The minimum atomic E-state index is -0.728. The first-order chi connectivity index (χ1) is 6.61. The highest BCUT2D eigenvalue weighted by Gasteiger charge is 2.05. The minimum absolute atomic E-state index is 0.200. The lowest BCUT2D eigenvalue weighted by molar-refractivity contribution is 0.113. The molecule has 2 N–H and O–H groups in total. The zero-order chi connectivity index (χ0) is 10.6. The van der Waals surface area contributed by atoms with Crippen molar-refractivity contribution in [3.05, 3.63) is 17.0 Å². The highest BCUT2D eigenvalue weighted by molar-refractivity contribution is 7.99. The molecular weight excluding hydrogens is 224 g/mol. The standard InChI is InChI=1S/C8H11ClN2O2S/c1-5-2-7(11-8(9)10-5)14-4-6(13)3-12/h2,6,12-13H,3-4H2,1H3. The van der Waals surface area contributed by atoms with Gasteiger partial charge in [0.1, 0.15) is 5.03 Å². The monoisotopic (exact) mass is 234 g/mol. The van der Waals surface area contributed by atoms with Gasteiger partial charge in [0.25, 0.3) is 0 Å². The summed E-state index contributed by atoms with van der Waals surface area (Å²) >= 11 is 6.99. The number of aromatic nitrogens is 2. The first kappa shape index (κ1) is 11.7. The molecule has 14 heavy (non-hydrogen) atoms. The van der Waals surface area contributed by atoms with Crippen LogP contribution in [0.25, 0.3) is 0 Å². The second-order valence-electron chi connectivity index (χ2n) is 2.76. The van der Waals surface area contributed by atoms with E-state index in [-0.39, 0.29) is 11.9 Å². The van der Waals surface area contributed by atoms with Gasteiger partial charge in [-0.3, -0.25) is 0 Å². The number of aliphatic hydroxyl groups excluding tert-OH is 2. The van der Waals surface area contributed by atoms with E-state index in [0.717, 1.165) is 5.69 Å². The van der Waals surface area contributed by atoms with E-state index in [0.29, 0.717) is 10.8 Å². The molecular formula is C8H11ClN2O2S. The summed E-state index contributed by atoms with van der Waals surface area (Å²) in [4.78, 5) is 7.88. The summed E-state index contributed by atoms with van der Waals surface area (Å²) in [6, 6.07) is 1.78. The van der Waals surface area contributed by atoms with Gasteiger partial charge in [0.15, 0.2) is 0 Å². The molecule has 1 rings (SSSR count). The van der Waals surface area contributed by atoms with Crippen LogP contribution in [-0.4, -0.2) is 38.6 Å². The molecule has 0 aliphatic heterocycles. The topological polar surface area (TPSA) is 66.2 Å². The number of aryl methyl sites for hydroxylation is 1. The molecule has 0 radical (unpaired) electrons. The molecule has 78 valence electrons. The van der Waals surface area contributed by atoms with Crippen LogP contribution >= 0.6 is 23.4 Å². The van der Waals surface area contributed by atoms with Crippen LogP contribution in [0.15, 0.2) is 11.1 Å². The van der Waals surface area contributed by atoms with Gasteiger partial charge in [0.2, 0.25) is 5.28 Å². The zero-order valence-electron chi connectivity index (χ0n) is 7.64. The molecule has 0 saturated heterocycles. The van der Waals surface area contributed by atoms with Crippen LogP contribution in [-0.2, 0) is 0 Å². The van der Waals surface area contributed by atoms with E-state index in [4.69, 9.17) is 21.8 Å². The van der Waals surface area contributed by atoms with Gasteiger partial charge in [0.05, 0.1) is 12.7 Å². The van der Waals surface area contributed by atoms with Crippen molar-refractivity contribution in [3.8, 4) is 0 Å². The quantitative estimate of drug-likeness (QED) is 0.460. The average molecular weight is 235 g/mol. The molecule has 1 unspecified atom stereocenters. The van der Waals surface area contributed by atoms with Gasteiger partial charge in [-0.05, 0) is 24.6 Å². The Morgan fingerprint density at radius 2 is 2.29 bits per heavy atom. The Bertz CT molecular complexity index is 291. The molecule has 0 bridgehead atoms. The van der Waals surface area contributed by atoms with Crippen molar-refractivity contribution in [2.45, 2.75) is 18.1 Å². The molecule has 0 aromatic carbocycles. The Kier molecular flexibility index (Phi) is 4.60. The van der Waals surface area contributed by atoms with E-state index in [2.05, 4.69) is 9.97 Å². The normalized spacial score (nSPS) is 12.9. The molecule has 6 heteroatoms. The summed E-state index contributed by atoms with van der Waals surface area (Å²) < 4.78 is 0. The summed E-state index contributed by atoms with van der Waals surface area (Å²) in [6.07, 6.45) is -0.728. The van der Waals surface area contributed by atoms with Gasteiger partial charge < -0.3 is 10.2 Å². The Morgan fingerprint density at radius 1 is 1.57 bits per heavy atom. The molecule has 1 aromatic heterocycles. The number of aliphatic hydroxyl groups is 2. The summed E-state index contributed by atoms with van der Waals surface area (Å²) in [7, 11) is 0. The molecule has 0 fully saturated rings. The molecule has 0 spiro atoms. The number of hydrogen-bond acceptors (Lipinski definition) is 5. The highest BCUT2D eigenvalue weighted by atomic mass is 35.5. The second kappa shape index (κ2) is 5.50. The van der Waals surface area contributed by atoms with Crippen molar-refractivity contribution in [2.75, 3.05) is 12.4 Å². The van der Waals surface area contributed by atoms with Gasteiger partial charge in [-0.15, -0.1) is 11.8 Å². The van der Waals surface area contributed by atoms with Crippen LogP contribution in [0.5, 0.6) is 0 Å². The average Bonchev–Trinajstić information content (AvgIpc) is 2.12. The largest absolute Gasteiger partial charge is 0.394 e. The van der Waals surface area contributed by atoms with Crippen molar-refractivity contribution in [1.82, 2.24) is 9.97 Å². The number of rotatable bonds is 4. The molecule has 1 atom stereocenters. The Morgan fingerprint density at radius 3 is 2.86 bits per heavy atom. The van der Waals surface area contributed by atoms with Crippen molar-refractivity contribution in [2.24, 2.45) is 0 Å². The highest BCUT2D eigenvalue weighted by Crippen LogP contribution is 2.18. The van der Waals surface area contributed by atoms with Gasteiger partial charge in [0, 0.05) is 11.4 Å². The summed E-state index contributed by atoms with van der Waals surface area (Å²) in [5.74, 6) is 0.392. The molecule has 0 aliphatic carbocycles. The Labute approximate surface area is 91.3 Å². The SMILES string of the molecule is Cc1cc(SCC(O)CO)nc(Cl)n1. The molecule has 0 saturated carbocycles. The minimum Gasteiger partial charge on any atom is -0.394 e. The van der Waals surface area contributed by atoms with E-state index < -0.39 is 6.10 Å². The lowest BCUT2D eigenvalue weighted by Gasteiger charge is -2.06. The van der Waals surface area contributed by atoms with Crippen molar-refractivity contribution in [3.63, 3.8) is 0 Å². The first-order valence-electron chi connectivity index (χ1n) is 4.04. The van der Waals surface area contributed by atoms with Crippen LogP contribution in [0.2, 0.25) is 5.28 Å². The van der Waals surface area contributed by atoms with Gasteiger partial charge in [-0.2, -0.15) is 0 Å². The number of nitrogens with zero attached hydrogens (tertiary/aromatic N) is 2. The van der Waals surface area contributed by atoms with Gasteiger partial charge in [-0.25, -0.2) is 9.97 Å². The fraction of sp³-hybridized carbons (Fsp3) is 0.500.